The van der Waals surface area contributed by atoms with Crippen molar-refractivity contribution < 1.29 is 14.3 Å². The lowest BCUT2D eigenvalue weighted by molar-refractivity contribution is 0.0668. The number of ether oxygens (including phenoxy) is 2. The first-order chi connectivity index (χ1) is 5.83. The zero-order valence-corrected chi connectivity index (χ0v) is 6.69. The minimum absolute atomic E-state index is 0.195. The number of carbonyl (C=O) groups excluding carboxylic acids is 1. The van der Waals surface area contributed by atoms with E-state index < -0.39 is 6.16 Å². The maximum absolute atomic E-state index is 10.5. The molecule has 0 N–H and O–H groups in total. The van der Waals surface area contributed by atoms with Gasteiger partial charge in [-0.25, -0.2) is 4.79 Å². The second-order valence-electron chi connectivity index (χ2n) is 2.10. The molecule has 0 fully saturated rings. The van der Waals surface area contributed by atoms with Crippen LogP contribution in [-0.4, -0.2) is 18.2 Å². The van der Waals surface area contributed by atoms with Gasteiger partial charge >= 0.3 is 6.16 Å². The summed E-state index contributed by atoms with van der Waals surface area (Å²) >= 11 is 0. The third-order valence-corrected chi connectivity index (χ3v) is 1.25. The lowest BCUT2D eigenvalue weighted by atomic mass is 10.3. The Labute approximate surface area is 70.1 Å². The average molecular weight is 167 g/mol. The topological polar surface area (TPSA) is 48.4 Å². The summed E-state index contributed by atoms with van der Waals surface area (Å²) in [5.41, 5.74) is 0.836. The lowest BCUT2D eigenvalue weighted by Gasteiger charge is -2.01. The summed E-state index contributed by atoms with van der Waals surface area (Å²) in [7, 11) is 1.27. The SMILES string of the molecule is COC(=O)OCc1cccnc1. The van der Waals surface area contributed by atoms with Crippen molar-refractivity contribution in [3.05, 3.63) is 30.1 Å². The van der Waals surface area contributed by atoms with Gasteiger partial charge in [0.05, 0.1) is 7.11 Å². The molecule has 0 atom stereocenters. The molecule has 0 aromatic carbocycles. The minimum atomic E-state index is -0.682. The number of nitrogens with zero attached hydrogens (tertiary/aromatic N) is 1. The molecule has 12 heavy (non-hydrogen) atoms. The molecule has 0 aliphatic heterocycles. The van der Waals surface area contributed by atoms with Gasteiger partial charge < -0.3 is 9.47 Å². The van der Waals surface area contributed by atoms with E-state index in [0.717, 1.165) is 5.56 Å². The van der Waals surface area contributed by atoms with Crippen LogP contribution in [0.25, 0.3) is 0 Å². The summed E-state index contributed by atoms with van der Waals surface area (Å²) in [5.74, 6) is 0. The Bertz CT molecular complexity index is 248. The van der Waals surface area contributed by atoms with Gasteiger partial charge in [-0.3, -0.25) is 4.98 Å². The Morgan fingerprint density at radius 1 is 1.67 bits per heavy atom. The van der Waals surface area contributed by atoms with Crippen LogP contribution in [0.1, 0.15) is 5.56 Å². The highest BCUT2D eigenvalue weighted by Crippen LogP contribution is 1.98. The third-order valence-electron chi connectivity index (χ3n) is 1.25. The number of carbonyl (C=O) groups is 1. The largest absolute Gasteiger partial charge is 0.508 e. The highest BCUT2D eigenvalue weighted by molar-refractivity contribution is 5.59. The summed E-state index contributed by atoms with van der Waals surface area (Å²) < 4.78 is 8.97. The van der Waals surface area contributed by atoms with Gasteiger partial charge in [0.25, 0.3) is 0 Å². The molecule has 0 spiro atoms. The summed E-state index contributed by atoms with van der Waals surface area (Å²) in [6, 6.07) is 3.59. The van der Waals surface area contributed by atoms with Crippen molar-refractivity contribution >= 4 is 6.16 Å². The summed E-state index contributed by atoms with van der Waals surface area (Å²) in [6.07, 6.45) is 2.60. The molecule has 0 aliphatic rings. The second kappa shape index (κ2) is 4.33. The molecule has 1 aromatic rings. The van der Waals surface area contributed by atoms with Crippen LogP contribution in [0.3, 0.4) is 0 Å². The maximum atomic E-state index is 10.5. The Morgan fingerprint density at radius 2 is 2.50 bits per heavy atom. The predicted octanol–water partition coefficient (Wildman–Crippen LogP) is 1.36. The molecule has 0 aliphatic carbocycles. The van der Waals surface area contributed by atoms with Crippen molar-refractivity contribution in [3.8, 4) is 0 Å². The van der Waals surface area contributed by atoms with Crippen molar-refractivity contribution in [2.24, 2.45) is 0 Å². The van der Waals surface area contributed by atoms with Crippen LogP contribution in [0.4, 0.5) is 4.79 Å². The van der Waals surface area contributed by atoms with E-state index in [1.165, 1.54) is 7.11 Å². The predicted molar refractivity (Wildman–Crippen MR) is 41.4 cm³/mol. The molecule has 4 nitrogen and oxygen atoms in total. The molecular formula is C8H9NO3. The normalized spacial score (nSPS) is 9.08. The molecule has 1 heterocycles. The van der Waals surface area contributed by atoms with Gasteiger partial charge in [-0.05, 0) is 6.07 Å². The molecule has 64 valence electrons. The first kappa shape index (κ1) is 8.52. The molecule has 0 saturated carbocycles. The van der Waals surface area contributed by atoms with Gasteiger partial charge in [0, 0.05) is 18.0 Å². The molecule has 1 rings (SSSR count). The fraction of sp³-hybridized carbons (Fsp3) is 0.250. The Morgan fingerprint density at radius 3 is 3.08 bits per heavy atom. The zero-order chi connectivity index (χ0) is 8.81. The van der Waals surface area contributed by atoms with Crippen LogP contribution in [-0.2, 0) is 16.1 Å². The maximum Gasteiger partial charge on any atom is 0.508 e. The molecule has 4 heteroatoms. The summed E-state index contributed by atoms with van der Waals surface area (Å²) in [5, 5.41) is 0. The lowest BCUT2D eigenvalue weighted by Crippen LogP contribution is -2.03. The van der Waals surface area contributed by atoms with Gasteiger partial charge in [0.2, 0.25) is 0 Å². The summed E-state index contributed by atoms with van der Waals surface area (Å²) in [6.45, 7) is 0.195. The second-order valence-corrected chi connectivity index (χ2v) is 2.10. The van der Waals surface area contributed by atoms with Crippen molar-refractivity contribution in [1.82, 2.24) is 4.98 Å². The van der Waals surface area contributed by atoms with E-state index in [1.54, 1.807) is 18.5 Å². The van der Waals surface area contributed by atoms with Gasteiger partial charge in [-0.2, -0.15) is 0 Å². The van der Waals surface area contributed by atoms with E-state index in [0.29, 0.717) is 0 Å². The van der Waals surface area contributed by atoms with Crippen molar-refractivity contribution in [2.75, 3.05) is 7.11 Å². The fourth-order valence-corrected chi connectivity index (χ4v) is 0.685. The Hall–Kier alpha value is -1.58. The van der Waals surface area contributed by atoms with E-state index in [1.807, 2.05) is 6.07 Å². The van der Waals surface area contributed by atoms with Crippen LogP contribution >= 0.6 is 0 Å². The van der Waals surface area contributed by atoms with E-state index >= 15 is 0 Å². The third kappa shape index (κ3) is 2.57. The number of hydrogen-bond donors (Lipinski definition) is 0. The zero-order valence-electron chi connectivity index (χ0n) is 6.69. The standard InChI is InChI=1S/C8H9NO3/c1-11-8(10)12-6-7-3-2-4-9-5-7/h2-5H,6H2,1H3. The van der Waals surface area contributed by atoms with Crippen LogP contribution in [0.15, 0.2) is 24.5 Å². The fourth-order valence-electron chi connectivity index (χ4n) is 0.685. The van der Waals surface area contributed by atoms with E-state index in [4.69, 9.17) is 0 Å². The summed E-state index contributed by atoms with van der Waals surface area (Å²) in [4.78, 5) is 14.4. The van der Waals surface area contributed by atoms with Gasteiger partial charge in [-0.1, -0.05) is 6.07 Å². The highest BCUT2D eigenvalue weighted by atomic mass is 16.7. The smallest absolute Gasteiger partial charge is 0.438 e. The molecule has 0 saturated heterocycles. The number of hydrogen-bond acceptors (Lipinski definition) is 4. The van der Waals surface area contributed by atoms with Crippen molar-refractivity contribution in [3.63, 3.8) is 0 Å². The number of methoxy groups -OCH3 is 1. The van der Waals surface area contributed by atoms with E-state index in [2.05, 4.69) is 14.5 Å². The number of pyridine rings is 1. The van der Waals surface area contributed by atoms with Crippen LogP contribution < -0.4 is 0 Å². The quantitative estimate of drug-likeness (QED) is 0.624. The molecule has 0 bridgehead atoms. The minimum Gasteiger partial charge on any atom is -0.438 e. The monoisotopic (exact) mass is 167 g/mol. The van der Waals surface area contributed by atoms with Crippen LogP contribution in [0.5, 0.6) is 0 Å². The molecule has 0 unspecified atom stereocenters. The molecular weight excluding hydrogens is 158 g/mol. The van der Waals surface area contributed by atoms with Crippen molar-refractivity contribution in [2.45, 2.75) is 6.61 Å². The highest BCUT2D eigenvalue weighted by Gasteiger charge is 1.99. The molecule has 1 aromatic heterocycles. The first-order valence-electron chi connectivity index (χ1n) is 3.42. The molecule has 0 radical (unpaired) electrons. The van der Waals surface area contributed by atoms with Gasteiger partial charge in [0.15, 0.2) is 0 Å². The van der Waals surface area contributed by atoms with E-state index in [-0.39, 0.29) is 6.61 Å². The Balaban J connectivity index is 2.38. The van der Waals surface area contributed by atoms with Gasteiger partial charge in [-0.15, -0.1) is 0 Å². The number of rotatable bonds is 2. The van der Waals surface area contributed by atoms with Crippen molar-refractivity contribution in [1.29, 1.82) is 0 Å². The van der Waals surface area contributed by atoms with Gasteiger partial charge in [0.1, 0.15) is 6.61 Å². The number of aromatic nitrogens is 1. The first-order valence-corrected chi connectivity index (χ1v) is 3.42. The Kier molecular flexibility index (Phi) is 3.07. The van der Waals surface area contributed by atoms with Crippen LogP contribution in [0.2, 0.25) is 0 Å². The van der Waals surface area contributed by atoms with Crippen LogP contribution in [0, 0.1) is 0 Å². The molecule has 0 amide bonds. The average Bonchev–Trinajstić information content (AvgIpc) is 2.16. The van der Waals surface area contributed by atoms with E-state index in [9.17, 15) is 4.79 Å².